The molecule has 1 aliphatic heterocycles. The molecular weight excluding hydrogens is 459 g/mol. The normalized spacial score (nSPS) is 16.7. The molecule has 1 N–H and O–H groups in total. The Hall–Kier alpha value is -1.17. The van der Waals surface area contributed by atoms with Crippen LogP contribution in [0.5, 0.6) is 5.75 Å². The molecule has 0 bridgehead atoms. The van der Waals surface area contributed by atoms with Gasteiger partial charge in [0.2, 0.25) is 0 Å². The number of ether oxygens (including phenoxy) is 1. The summed E-state index contributed by atoms with van der Waals surface area (Å²) < 4.78 is 9.86. The average molecular weight is 494 g/mol. The number of benzene rings is 2. The quantitative estimate of drug-likeness (QED) is 0.288. The van der Waals surface area contributed by atoms with E-state index >= 15 is 0 Å². The van der Waals surface area contributed by atoms with Crippen LogP contribution >= 0.6 is 35.1 Å². The Balaban J connectivity index is 1.79. The fraction of sp³-hybridized carbons (Fsp3) is 0.462. The van der Waals surface area contributed by atoms with Crippen molar-refractivity contribution < 1.29 is 4.74 Å². The summed E-state index contributed by atoms with van der Waals surface area (Å²) in [6, 6.07) is 14.6. The second-order valence-corrected chi connectivity index (χ2v) is 11.8. The zero-order valence-electron chi connectivity index (χ0n) is 19.2. The third-order valence-electron chi connectivity index (χ3n) is 5.59. The van der Waals surface area contributed by atoms with Crippen LogP contribution in [0.1, 0.15) is 50.8 Å². The summed E-state index contributed by atoms with van der Waals surface area (Å²) in [5.41, 5.74) is 2.44. The number of halogens is 2. The Morgan fingerprint density at radius 1 is 1.16 bits per heavy atom. The van der Waals surface area contributed by atoms with Crippen LogP contribution in [0, 0.1) is 5.92 Å². The van der Waals surface area contributed by atoms with Crippen molar-refractivity contribution >= 4 is 35.1 Å². The molecule has 0 aromatic heterocycles. The van der Waals surface area contributed by atoms with Crippen molar-refractivity contribution in [1.29, 1.82) is 0 Å². The van der Waals surface area contributed by atoms with Gasteiger partial charge in [-0.15, -0.1) is 0 Å². The molecule has 0 saturated carbocycles. The van der Waals surface area contributed by atoms with Gasteiger partial charge in [0.1, 0.15) is 12.4 Å². The van der Waals surface area contributed by atoms with E-state index in [1.54, 1.807) is 18.0 Å². The van der Waals surface area contributed by atoms with Gasteiger partial charge in [-0.3, -0.25) is 9.62 Å². The Morgan fingerprint density at radius 3 is 2.44 bits per heavy atom. The zero-order chi connectivity index (χ0) is 23.1. The molecule has 3 rings (SSSR count). The highest BCUT2D eigenvalue weighted by molar-refractivity contribution is 7.98. The van der Waals surface area contributed by atoms with E-state index in [0.29, 0.717) is 22.6 Å². The van der Waals surface area contributed by atoms with Crippen molar-refractivity contribution in [2.75, 3.05) is 19.7 Å². The third kappa shape index (κ3) is 7.43. The van der Waals surface area contributed by atoms with Crippen molar-refractivity contribution in [3.63, 3.8) is 0 Å². The largest absolute Gasteiger partial charge is 0.489 e. The van der Waals surface area contributed by atoms with Crippen LogP contribution in [-0.2, 0) is 6.54 Å². The smallest absolute Gasteiger partial charge is 0.126 e. The Kier molecular flexibility index (Phi) is 9.39. The molecule has 2 aromatic rings. The first-order valence-electron chi connectivity index (χ1n) is 11.2. The molecule has 1 fully saturated rings. The van der Waals surface area contributed by atoms with E-state index < -0.39 is 0 Å². The van der Waals surface area contributed by atoms with Crippen LogP contribution in [0.4, 0.5) is 0 Å². The number of likely N-dealkylation sites (tertiary alicyclic amines) is 1. The van der Waals surface area contributed by atoms with Gasteiger partial charge in [-0.05, 0) is 64.3 Å². The van der Waals surface area contributed by atoms with Gasteiger partial charge >= 0.3 is 0 Å². The van der Waals surface area contributed by atoms with Crippen molar-refractivity contribution in [2.45, 2.75) is 50.9 Å². The Morgan fingerprint density at radius 2 is 1.81 bits per heavy atom. The summed E-state index contributed by atoms with van der Waals surface area (Å²) in [5, 5.41) is 1.07. The van der Waals surface area contributed by atoms with Crippen LogP contribution in [0.3, 0.4) is 0 Å². The third-order valence-corrected chi connectivity index (χ3v) is 7.30. The van der Waals surface area contributed by atoms with Crippen LogP contribution < -0.4 is 9.46 Å². The zero-order valence-corrected chi connectivity index (χ0v) is 21.6. The van der Waals surface area contributed by atoms with Crippen molar-refractivity contribution in [1.82, 2.24) is 9.62 Å². The SMILES string of the molecule is C=CCOc1cc(Cl)c(Cl)cc1C(NSC(C)(C)C)C1CCN(Cc2ccccc2)CC1. The molecule has 3 nitrogen and oxygen atoms in total. The summed E-state index contributed by atoms with van der Waals surface area (Å²) in [4.78, 5) is 2.55. The van der Waals surface area contributed by atoms with Crippen molar-refractivity contribution in [3.8, 4) is 5.75 Å². The molecule has 2 aromatic carbocycles. The topological polar surface area (TPSA) is 24.5 Å². The summed E-state index contributed by atoms with van der Waals surface area (Å²) >= 11 is 14.5. The molecule has 0 aliphatic carbocycles. The summed E-state index contributed by atoms with van der Waals surface area (Å²) in [6.07, 6.45) is 3.97. The molecule has 1 heterocycles. The standard InChI is InChI=1S/C26H34Cl2N2OS/c1-5-15-31-24-17-23(28)22(27)16-21(24)25(29-32-26(2,3)4)20-11-13-30(14-12-20)18-19-9-7-6-8-10-19/h5-10,16-17,20,25,29H,1,11-15,18H2,2-4H3. The van der Waals surface area contributed by atoms with Crippen LogP contribution in [0.15, 0.2) is 55.1 Å². The molecule has 6 heteroatoms. The number of rotatable bonds is 9. The number of nitrogens with zero attached hydrogens (tertiary/aromatic N) is 1. The van der Waals surface area contributed by atoms with E-state index in [4.69, 9.17) is 27.9 Å². The second kappa shape index (κ2) is 11.8. The lowest BCUT2D eigenvalue weighted by atomic mass is 9.85. The monoisotopic (exact) mass is 492 g/mol. The van der Waals surface area contributed by atoms with E-state index in [-0.39, 0.29) is 10.8 Å². The van der Waals surface area contributed by atoms with E-state index in [1.165, 1.54) is 5.56 Å². The van der Waals surface area contributed by atoms with Gasteiger partial charge in [0.15, 0.2) is 0 Å². The maximum Gasteiger partial charge on any atom is 0.126 e. The summed E-state index contributed by atoms with van der Waals surface area (Å²) in [7, 11) is 0. The first-order chi connectivity index (χ1) is 15.3. The van der Waals surface area contributed by atoms with Crippen LogP contribution in [0.2, 0.25) is 10.0 Å². The maximum absolute atomic E-state index is 6.46. The van der Waals surface area contributed by atoms with E-state index in [1.807, 2.05) is 12.1 Å². The molecular formula is C26H34Cl2N2OS. The fourth-order valence-electron chi connectivity index (χ4n) is 4.00. The molecule has 1 unspecified atom stereocenters. The predicted octanol–water partition coefficient (Wildman–Crippen LogP) is 7.55. The highest BCUT2D eigenvalue weighted by atomic mass is 35.5. The Labute approximate surface area is 207 Å². The van der Waals surface area contributed by atoms with Crippen molar-refractivity contribution in [3.05, 3.63) is 76.3 Å². The van der Waals surface area contributed by atoms with Gasteiger partial charge in [0.25, 0.3) is 0 Å². The average Bonchev–Trinajstić information content (AvgIpc) is 2.76. The molecule has 1 aliphatic rings. The first-order valence-corrected chi connectivity index (χ1v) is 12.8. The lowest BCUT2D eigenvalue weighted by molar-refractivity contribution is 0.158. The minimum Gasteiger partial charge on any atom is -0.489 e. The summed E-state index contributed by atoms with van der Waals surface area (Å²) in [6.45, 7) is 14.0. The number of piperidine rings is 1. The molecule has 0 amide bonds. The minimum absolute atomic E-state index is 0.0879. The Bertz CT molecular complexity index is 877. The van der Waals surface area contributed by atoms with Crippen LogP contribution in [-0.4, -0.2) is 29.3 Å². The second-order valence-electron chi connectivity index (χ2n) is 9.31. The highest BCUT2D eigenvalue weighted by Gasteiger charge is 2.31. The van der Waals surface area contributed by atoms with Gasteiger partial charge in [-0.1, -0.05) is 78.1 Å². The number of hydrogen-bond acceptors (Lipinski definition) is 4. The lowest BCUT2D eigenvalue weighted by Crippen LogP contribution is -2.38. The number of hydrogen-bond donors (Lipinski definition) is 1. The van der Waals surface area contributed by atoms with E-state index in [0.717, 1.165) is 43.8 Å². The molecule has 32 heavy (non-hydrogen) atoms. The number of nitrogens with one attached hydrogen (secondary N) is 1. The van der Waals surface area contributed by atoms with Gasteiger partial charge in [0.05, 0.1) is 10.0 Å². The van der Waals surface area contributed by atoms with E-state index in [2.05, 4.69) is 67.3 Å². The van der Waals surface area contributed by atoms with Gasteiger partial charge in [-0.25, -0.2) is 0 Å². The minimum atomic E-state index is 0.0879. The van der Waals surface area contributed by atoms with Gasteiger partial charge in [-0.2, -0.15) is 0 Å². The van der Waals surface area contributed by atoms with Gasteiger partial charge < -0.3 is 4.74 Å². The molecule has 1 saturated heterocycles. The molecule has 0 spiro atoms. The van der Waals surface area contributed by atoms with E-state index in [9.17, 15) is 0 Å². The lowest BCUT2D eigenvalue weighted by Gasteiger charge is -2.38. The highest BCUT2D eigenvalue weighted by Crippen LogP contribution is 2.41. The van der Waals surface area contributed by atoms with Gasteiger partial charge in [0, 0.05) is 29.0 Å². The molecule has 174 valence electrons. The summed E-state index contributed by atoms with van der Waals surface area (Å²) in [5.74, 6) is 1.25. The molecule has 1 atom stereocenters. The predicted molar refractivity (Wildman–Crippen MR) is 140 cm³/mol. The maximum atomic E-state index is 6.46. The fourth-order valence-corrected chi connectivity index (χ4v) is 5.13. The molecule has 0 radical (unpaired) electrons. The van der Waals surface area contributed by atoms with Crippen molar-refractivity contribution in [2.24, 2.45) is 5.92 Å². The first kappa shape index (κ1) is 25.5. The van der Waals surface area contributed by atoms with Crippen LogP contribution in [0.25, 0.3) is 0 Å².